The second kappa shape index (κ2) is 18.2. The van der Waals surface area contributed by atoms with Gasteiger partial charge in [-0.05, 0) is 86.1 Å². The molecule has 0 unspecified atom stereocenters. The number of hydrogen-bond acceptors (Lipinski definition) is 14. The second-order valence-electron chi connectivity index (χ2n) is 15.0. The minimum Gasteiger partial charge on any atom is -0.492 e. The number of likely N-dealkylation sites (tertiary alicyclic amines) is 1. The molecule has 2 saturated heterocycles. The molecule has 2 amide bonds. The third kappa shape index (κ3) is 9.69. The van der Waals surface area contributed by atoms with Crippen LogP contribution in [0.25, 0.3) is 10.9 Å². The molecule has 1 aromatic carbocycles. The molecular weight excluding hydrogens is 789 g/mol. The average Bonchev–Trinajstić information content (AvgIpc) is 3.89. The molecule has 5 rings (SSSR count). The number of fused-ring (bicyclic) bond motifs is 2. The van der Waals surface area contributed by atoms with Crippen LogP contribution >= 0.6 is 15.2 Å². The van der Waals surface area contributed by atoms with Crippen LogP contribution in [0.2, 0.25) is 0 Å². The van der Waals surface area contributed by atoms with Gasteiger partial charge in [0.15, 0.2) is 18.2 Å². The van der Waals surface area contributed by atoms with Crippen molar-refractivity contribution >= 4 is 49.8 Å². The van der Waals surface area contributed by atoms with E-state index in [1.807, 2.05) is 4.90 Å². The Balaban J connectivity index is 1.44. The molecule has 2 aromatic rings. The number of piperidine rings is 1. The predicted octanol–water partition coefficient (Wildman–Crippen LogP) is 6.41. The summed E-state index contributed by atoms with van der Waals surface area (Å²) in [6.45, 7) is 11.3. The van der Waals surface area contributed by atoms with Gasteiger partial charge >= 0.3 is 27.3 Å². The van der Waals surface area contributed by atoms with Gasteiger partial charge in [-0.3, -0.25) is 18.7 Å². The summed E-state index contributed by atoms with van der Waals surface area (Å²) < 4.78 is 84.0. The minimum absolute atomic E-state index is 0.0527. The molecule has 3 aliphatic rings. The van der Waals surface area contributed by atoms with Gasteiger partial charge in [0.05, 0.1) is 50.5 Å². The van der Waals surface area contributed by atoms with Gasteiger partial charge in [-0.15, -0.1) is 0 Å². The van der Waals surface area contributed by atoms with Gasteiger partial charge in [0.2, 0.25) is 11.0 Å². The van der Waals surface area contributed by atoms with Crippen LogP contribution in [0.5, 0.6) is 5.75 Å². The van der Waals surface area contributed by atoms with Gasteiger partial charge in [-0.25, -0.2) is 14.0 Å². The second-order valence-corrected chi connectivity index (χ2v) is 19.6. The lowest BCUT2D eigenvalue weighted by Gasteiger charge is -2.37. The molecule has 2 atom stereocenters. The van der Waals surface area contributed by atoms with Crippen molar-refractivity contribution in [3.05, 3.63) is 33.9 Å². The molecule has 3 fully saturated rings. The molecule has 0 bridgehead atoms. The number of halogens is 1. The number of carbonyl (C=O) groups excluding carboxylic acids is 3. The first-order valence-corrected chi connectivity index (χ1v) is 22.6. The van der Waals surface area contributed by atoms with E-state index < -0.39 is 67.7 Å². The SMILES string of the molecule is CCOP(=O)(OCC)C(NC(=O)COC(=O)c1cn(C2CC2)c2c(OC)c(N3C[C@@H]4CCCN(C(=O)OC(C)(C)C)[C@H]4C3)c(F)cc2c1=O)P(=O)(OCC)OCC. The van der Waals surface area contributed by atoms with Crippen molar-refractivity contribution in [2.75, 3.05) is 64.7 Å². The first-order chi connectivity index (χ1) is 26.9. The lowest BCUT2D eigenvalue weighted by molar-refractivity contribution is -0.124. The Hall–Kier alpha value is -3.53. The maximum Gasteiger partial charge on any atom is 0.410 e. The van der Waals surface area contributed by atoms with Gasteiger partial charge in [-0.1, -0.05) is 0 Å². The number of aromatic nitrogens is 1. The lowest BCUT2D eigenvalue weighted by Crippen LogP contribution is -2.50. The number of nitrogens with one attached hydrogen (secondary N) is 1. The van der Waals surface area contributed by atoms with E-state index >= 15 is 4.39 Å². The van der Waals surface area contributed by atoms with E-state index in [2.05, 4.69) is 5.32 Å². The van der Waals surface area contributed by atoms with Gasteiger partial charge < -0.3 is 52.0 Å². The smallest absolute Gasteiger partial charge is 0.410 e. The van der Waals surface area contributed by atoms with E-state index in [0.29, 0.717) is 38.0 Å². The van der Waals surface area contributed by atoms with E-state index in [4.69, 9.17) is 32.3 Å². The number of benzene rings is 1. The Morgan fingerprint density at radius 2 is 1.54 bits per heavy atom. The molecule has 1 saturated carbocycles. The molecule has 0 radical (unpaired) electrons. The highest BCUT2D eigenvalue weighted by atomic mass is 31.2. The number of hydrogen-bond donors (Lipinski definition) is 1. The molecule has 57 heavy (non-hydrogen) atoms. The van der Waals surface area contributed by atoms with Crippen LogP contribution in [0.1, 0.15) is 90.5 Å². The lowest BCUT2D eigenvalue weighted by atomic mass is 9.92. The third-order valence-electron chi connectivity index (χ3n) is 9.75. The summed E-state index contributed by atoms with van der Waals surface area (Å²) in [6.07, 6.45) is 3.94. The summed E-state index contributed by atoms with van der Waals surface area (Å²) in [5.74, 6) is -2.84. The van der Waals surface area contributed by atoms with Crippen LogP contribution in [0, 0.1) is 11.7 Å². The van der Waals surface area contributed by atoms with Crippen LogP contribution in [-0.2, 0) is 41.5 Å². The van der Waals surface area contributed by atoms with Gasteiger partial charge in [0.1, 0.15) is 16.9 Å². The fraction of sp³-hybridized carbons (Fsp3) is 0.676. The summed E-state index contributed by atoms with van der Waals surface area (Å²) in [6, 6.07) is 0.713. The Morgan fingerprint density at radius 1 is 0.947 bits per heavy atom. The topological polar surface area (TPSA) is 190 Å². The molecule has 2 aliphatic heterocycles. The van der Waals surface area contributed by atoms with Crippen LogP contribution in [-0.4, -0.2) is 104 Å². The van der Waals surface area contributed by atoms with Crippen molar-refractivity contribution in [1.29, 1.82) is 0 Å². The number of nitrogens with zero attached hydrogens (tertiary/aromatic N) is 3. The zero-order chi connectivity index (χ0) is 41.9. The molecule has 3 heterocycles. The van der Waals surface area contributed by atoms with Crippen molar-refractivity contribution in [3.63, 3.8) is 0 Å². The largest absolute Gasteiger partial charge is 0.492 e. The fourth-order valence-corrected chi connectivity index (χ4v) is 12.4. The molecular formula is C37H55FN4O13P2. The van der Waals surface area contributed by atoms with E-state index in [-0.39, 0.29) is 61.3 Å². The normalized spacial score (nSPS) is 18.8. The van der Waals surface area contributed by atoms with Crippen molar-refractivity contribution in [2.24, 2.45) is 5.92 Å². The Morgan fingerprint density at radius 3 is 2.07 bits per heavy atom. The highest BCUT2D eigenvalue weighted by Crippen LogP contribution is 2.69. The number of carbonyl (C=O) groups is 3. The quantitative estimate of drug-likeness (QED) is 0.136. The highest BCUT2D eigenvalue weighted by molar-refractivity contribution is 7.72. The number of pyridine rings is 1. The molecule has 1 aliphatic carbocycles. The maximum absolute atomic E-state index is 16.4. The molecule has 17 nitrogen and oxygen atoms in total. The number of amides is 2. The number of anilines is 1. The van der Waals surface area contributed by atoms with Crippen molar-refractivity contribution in [2.45, 2.75) is 97.4 Å². The Bertz CT molecular complexity index is 1930. The van der Waals surface area contributed by atoms with E-state index in [9.17, 15) is 28.3 Å². The van der Waals surface area contributed by atoms with Crippen molar-refractivity contribution < 1.29 is 60.2 Å². The highest BCUT2D eigenvalue weighted by Gasteiger charge is 2.52. The summed E-state index contributed by atoms with van der Waals surface area (Å²) in [5, 5.41) is 2.17. The summed E-state index contributed by atoms with van der Waals surface area (Å²) >= 11 is 0. The standard InChI is InChI=1S/C37H55FN4O13P2/c1-9-51-56(47,52-10-2)35(57(48,53-11-3)54-12-4)39-29(43)22-50-34(45)26-20-42(24-15-16-24)30-25(32(26)44)18-27(38)31(33(30)49-8)40-19-23-14-13-17-41(28(23)21-40)36(46)55-37(5,6)7/h18,20,23-24,28,35H,9-17,19,21-22H2,1-8H3,(H,39,43)/t23-,28-/m0/s1. The van der Waals surface area contributed by atoms with Gasteiger partial charge in [0, 0.05) is 31.9 Å². The zero-order valence-electron chi connectivity index (χ0n) is 33.9. The van der Waals surface area contributed by atoms with E-state index in [1.54, 1.807) is 30.2 Å². The van der Waals surface area contributed by atoms with Crippen molar-refractivity contribution in [3.8, 4) is 5.75 Å². The Labute approximate surface area is 331 Å². The average molecular weight is 845 g/mol. The summed E-state index contributed by atoms with van der Waals surface area (Å²) in [7, 11) is -7.37. The molecule has 1 N–H and O–H groups in total. The van der Waals surface area contributed by atoms with E-state index in [1.165, 1.54) is 41.0 Å². The summed E-state index contributed by atoms with van der Waals surface area (Å²) in [5.41, 5.74) is -3.46. The number of rotatable bonds is 17. The van der Waals surface area contributed by atoms with Crippen molar-refractivity contribution in [1.82, 2.24) is 14.8 Å². The molecule has 318 valence electrons. The third-order valence-corrected chi connectivity index (χ3v) is 15.4. The molecule has 0 spiro atoms. The number of esters is 1. The maximum atomic E-state index is 16.4. The van der Waals surface area contributed by atoms with Gasteiger partial charge in [0.25, 0.3) is 5.91 Å². The first-order valence-electron chi connectivity index (χ1n) is 19.4. The van der Waals surface area contributed by atoms with Crippen LogP contribution in [0.15, 0.2) is 17.1 Å². The summed E-state index contributed by atoms with van der Waals surface area (Å²) in [4.78, 5) is 57.5. The number of ether oxygens (including phenoxy) is 3. The Kier molecular flexibility index (Phi) is 14.2. The molecule has 1 aromatic heterocycles. The van der Waals surface area contributed by atoms with Gasteiger partial charge in [-0.2, -0.15) is 0 Å². The molecule has 20 heteroatoms. The number of methoxy groups -OCH3 is 1. The first kappa shape index (κ1) is 44.6. The van der Waals surface area contributed by atoms with Crippen LogP contribution in [0.3, 0.4) is 0 Å². The van der Waals surface area contributed by atoms with Crippen LogP contribution in [0.4, 0.5) is 14.9 Å². The van der Waals surface area contributed by atoms with Crippen LogP contribution < -0.4 is 20.4 Å². The predicted molar refractivity (Wildman–Crippen MR) is 209 cm³/mol. The zero-order valence-corrected chi connectivity index (χ0v) is 35.7. The minimum atomic E-state index is -4.38. The monoisotopic (exact) mass is 844 g/mol. The fourth-order valence-electron chi connectivity index (χ4n) is 7.43. The van der Waals surface area contributed by atoms with E-state index in [0.717, 1.165) is 18.9 Å².